The molecular weight excluding hydrogens is 309 g/mol. The normalized spacial score (nSPS) is 20.7. The van der Waals surface area contributed by atoms with Gasteiger partial charge in [0.25, 0.3) is 0 Å². The van der Waals surface area contributed by atoms with Crippen LogP contribution in [0, 0.1) is 5.82 Å². The van der Waals surface area contributed by atoms with Crippen molar-refractivity contribution in [3.05, 3.63) is 24.0 Å². The average Bonchev–Trinajstić information content (AvgIpc) is 2.40. The highest BCUT2D eigenvalue weighted by Gasteiger charge is 2.31. The van der Waals surface area contributed by atoms with Crippen molar-refractivity contribution in [2.24, 2.45) is 0 Å². The van der Waals surface area contributed by atoms with Crippen LogP contribution in [0.4, 0.5) is 13.2 Å². The molecule has 0 saturated carbocycles. The minimum absolute atomic E-state index is 0.264. The Bertz CT molecular complexity index is 610. The van der Waals surface area contributed by atoms with Crippen LogP contribution in [0.1, 0.15) is 6.92 Å². The zero-order chi connectivity index (χ0) is 15.6. The molecule has 2 rings (SSSR count). The Morgan fingerprint density at radius 3 is 2.71 bits per heavy atom. The van der Waals surface area contributed by atoms with Gasteiger partial charge in [-0.3, -0.25) is 0 Å². The zero-order valence-corrected chi connectivity index (χ0v) is 12.0. The van der Waals surface area contributed by atoms with E-state index in [0.717, 1.165) is 12.1 Å². The fourth-order valence-corrected chi connectivity index (χ4v) is 3.79. The molecule has 1 aliphatic rings. The molecule has 1 atom stereocenters. The van der Waals surface area contributed by atoms with Crippen molar-refractivity contribution in [1.29, 1.82) is 0 Å². The Morgan fingerprint density at radius 1 is 1.43 bits per heavy atom. The zero-order valence-electron chi connectivity index (χ0n) is 11.2. The first-order valence-corrected chi connectivity index (χ1v) is 7.73. The number of sulfonamides is 1. The Balaban J connectivity index is 2.30. The van der Waals surface area contributed by atoms with Gasteiger partial charge < -0.3 is 10.1 Å². The van der Waals surface area contributed by atoms with E-state index in [2.05, 4.69) is 10.1 Å². The Hall–Kier alpha value is -1.32. The maximum absolute atomic E-state index is 13.7. The molecule has 0 bridgehead atoms. The molecule has 1 fully saturated rings. The van der Waals surface area contributed by atoms with Crippen LogP contribution in [-0.4, -0.2) is 45.0 Å². The number of halogens is 3. The summed E-state index contributed by atoms with van der Waals surface area (Å²) in [6, 6.07) is 2.37. The van der Waals surface area contributed by atoms with E-state index in [1.807, 2.05) is 0 Å². The van der Waals surface area contributed by atoms with Gasteiger partial charge in [0, 0.05) is 25.7 Å². The van der Waals surface area contributed by atoms with Gasteiger partial charge in [-0.2, -0.15) is 13.1 Å². The van der Waals surface area contributed by atoms with Crippen LogP contribution in [0.2, 0.25) is 0 Å². The van der Waals surface area contributed by atoms with Gasteiger partial charge in [-0.05, 0) is 25.1 Å². The third-order valence-corrected chi connectivity index (χ3v) is 5.18. The Kier molecular flexibility index (Phi) is 4.74. The first kappa shape index (κ1) is 16.1. The van der Waals surface area contributed by atoms with Crippen LogP contribution < -0.4 is 10.1 Å². The molecule has 0 spiro atoms. The minimum Gasteiger partial charge on any atom is -0.432 e. The maximum Gasteiger partial charge on any atom is 0.387 e. The van der Waals surface area contributed by atoms with Gasteiger partial charge in [-0.25, -0.2) is 12.8 Å². The third kappa shape index (κ3) is 3.47. The number of nitrogens with zero attached hydrogens (tertiary/aromatic N) is 1. The van der Waals surface area contributed by atoms with Crippen molar-refractivity contribution in [1.82, 2.24) is 9.62 Å². The molecule has 0 radical (unpaired) electrons. The summed E-state index contributed by atoms with van der Waals surface area (Å²) >= 11 is 0. The van der Waals surface area contributed by atoms with Crippen LogP contribution in [0.3, 0.4) is 0 Å². The van der Waals surface area contributed by atoms with Gasteiger partial charge in [0.05, 0.1) is 4.90 Å². The summed E-state index contributed by atoms with van der Waals surface area (Å²) < 4.78 is 67.8. The fourth-order valence-electron chi connectivity index (χ4n) is 2.15. The largest absolute Gasteiger partial charge is 0.432 e. The molecule has 0 aliphatic carbocycles. The van der Waals surface area contributed by atoms with E-state index < -0.39 is 28.2 Å². The van der Waals surface area contributed by atoms with Crippen LogP contribution >= 0.6 is 0 Å². The van der Waals surface area contributed by atoms with Crippen LogP contribution in [0.5, 0.6) is 5.75 Å². The Labute approximate surface area is 120 Å². The second-order valence-corrected chi connectivity index (χ2v) is 6.53. The average molecular weight is 324 g/mol. The highest BCUT2D eigenvalue weighted by atomic mass is 32.2. The van der Waals surface area contributed by atoms with E-state index in [0.29, 0.717) is 19.2 Å². The van der Waals surface area contributed by atoms with Crippen molar-refractivity contribution < 1.29 is 26.3 Å². The molecule has 0 aromatic heterocycles. The quantitative estimate of drug-likeness (QED) is 0.910. The minimum atomic E-state index is -3.87. The third-order valence-electron chi connectivity index (χ3n) is 3.17. The smallest absolute Gasteiger partial charge is 0.387 e. The molecule has 1 unspecified atom stereocenters. The summed E-state index contributed by atoms with van der Waals surface area (Å²) in [4.78, 5) is -0.282. The van der Waals surface area contributed by atoms with E-state index in [1.165, 1.54) is 4.31 Å². The molecule has 1 heterocycles. The van der Waals surface area contributed by atoms with Crippen LogP contribution in [0.15, 0.2) is 23.1 Å². The standard InChI is InChI=1S/C12H15F3N2O3S/c1-8-7-16-4-5-17(8)21(18,19)9-2-3-11(10(13)6-9)20-12(14)15/h2-3,6,8,12,16H,4-5,7H2,1H3. The number of alkyl halides is 2. The highest BCUT2D eigenvalue weighted by molar-refractivity contribution is 7.89. The number of hydrogen-bond acceptors (Lipinski definition) is 4. The van der Waals surface area contributed by atoms with Crippen molar-refractivity contribution in [3.63, 3.8) is 0 Å². The fraction of sp³-hybridized carbons (Fsp3) is 0.500. The molecular formula is C12H15F3N2O3S. The van der Waals surface area contributed by atoms with Gasteiger partial charge in [0.1, 0.15) is 0 Å². The number of nitrogens with one attached hydrogen (secondary N) is 1. The summed E-state index contributed by atoms with van der Waals surface area (Å²) in [6.45, 7) is -0.183. The molecule has 1 aromatic carbocycles. The van der Waals surface area contributed by atoms with Gasteiger partial charge in [0.2, 0.25) is 10.0 Å². The SMILES string of the molecule is CC1CNCCN1S(=O)(=O)c1ccc(OC(F)F)c(F)c1. The predicted molar refractivity (Wildman–Crippen MR) is 69.3 cm³/mol. The van der Waals surface area contributed by atoms with Crippen molar-refractivity contribution in [3.8, 4) is 5.75 Å². The van der Waals surface area contributed by atoms with Crippen LogP contribution in [0.25, 0.3) is 0 Å². The second kappa shape index (κ2) is 6.20. The summed E-state index contributed by atoms with van der Waals surface area (Å²) in [5, 5.41) is 3.05. The lowest BCUT2D eigenvalue weighted by atomic mass is 10.3. The van der Waals surface area contributed by atoms with Gasteiger partial charge in [-0.1, -0.05) is 0 Å². The molecule has 1 aromatic rings. The molecule has 1 saturated heterocycles. The highest BCUT2D eigenvalue weighted by Crippen LogP contribution is 2.25. The Morgan fingerprint density at radius 2 is 2.14 bits per heavy atom. The van der Waals surface area contributed by atoms with E-state index in [4.69, 9.17) is 0 Å². The summed E-state index contributed by atoms with van der Waals surface area (Å²) in [5.41, 5.74) is 0. The van der Waals surface area contributed by atoms with Gasteiger partial charge in [-0.15, -0.1) is 0 Å². The van der Waals surface area contributed by atoms with Crippen molar-refractivity contribution in [2.75, 3.05) is 19.6 Å². The van der Waals surface area contributed by atoms with Crippen molar-refractivity contribution in [2.45, 2.75) is 24.5 Å². The topological polar surface area (TPSA) is 58.6 Å². The maximum atomic E-state index is 13.7. The molecule has 9 heteroatoms. The summed E-state index contributed by atoms with van der Waals surface area (Å²) in [5.74, 6) is -1.82. The molecule has 1 N–H and O–H groups in total. The number of benzene rings is 1. The van der Waals surface area contributed by atoms with Crippen molar-refractivity contribution >= 4 is 10.0 Å². The summed E-state index contributed by atoms with van der Waals surface area (Å²) in [6.07, 6.45) is 0. The second-order valence-electron chi connectivity index (χ2n) is 4.64. The monoisotopic (exact) mass is 324 g/mol. The van der Waals surface area contributed by atoms with E-state index in [1.54, 1.807) is 6.92 Å². The van der Waals surface area contributed by atoms with E-state index >= 15 is 0 Å². The molecule has 21 heavy (non-hydrogen) atoms. The van der Waals surface area contributed by atoms with E-state index in [9.17, 15) is 21.6 Å². The van der Waals surface area contributed by atoms with Crippen LogP contribution in [-0.2, 0) is 10.0 Å². The lowest BCUT2D eigenvalue weighted by Crippen LogP contribution is -2.52. The first-order valence-electron chi connectivity index (χ1n) is 6.29. The predicted octanol–water partition coefficient (Wildman–Crippen LogP) is 1.41. The lowest BCUT2D eigenvalue weighted by Gasteiger charge is -2.32. The first-order chi connectivity index (χ1) is 9.82. The molecule has 0 amide bonds. The molecule has 1 aliphatic heterocycles. The summed E-state index contributed by atoms with van der Waals surface area (Å²) in [7, 11) is -3.87. The molecule has 5 nitrogen and oxygen atoms in total. The molecule has 118 valence electrons. The van der Waals surface area contributed by atoms with Gasteiger partial charge in [0.15, 0.2) is 11.6 Å². The lowest BCUT2D eigenvalue weighted by molar-refractivity contribution is -0.0522. The number of piperazine rings is 1. The number of hydrogen-bond donors (Lipinski definition) is 1. The number of rotatable bonds is 4. The number of ether oxygens (including phenoxy) is 1. The van der Waals surface area contributed by atoms with Gasteiger partial charge >= 0.3 is 6.61 Å². The van der Waals surface area contributed by atoms with E-state index in [-0.39, 0.29) is 17.5 Å².